The Morgan fingerprint density at radius 1 is 1.53 bits per heavy atom. The van der Waals surface area contributed by atoms with E-state index in [1.54, 1.807) is 0 Å². The molecule has 2 N–H and O–H groups in total. The highest BCUT2D eigenvalue weighted by molar-refractivity contribution is 9.10. The number of benzene rings is 1. The van der Waals surface area contributed by atoms with Crippen LogP contribution in [0.5, 0.6) is 0 Å². The van der Waals surface area contributed by atoms with Crippen molar-refractivity contribution >= 4 is 21.6 Å². The second-order valence-electron chi connectivity index (χ2n) is 5.31. The van der Waals surface area contributed by atoms with Gasteiger partial charge in [0.2, 0.25) is 0 Å². The Kier molecular flexibility index (Phi) is 5.25. The topological polar surface area (TPSA) is 38.5 Å². The summed E-state index contributed by atoms with van der Waals surface area (Å²) >= 11 is 3.69. The van der Waals surface area contributed by atoms with Crippen molar-refractivity contribution in [3.05, 3.63) is 28.2 Å². The van der Waals surface area contributed by atoms with Gasteiger partial charge in [-0.1, -0.05) is 13.0 Å². The molecule has 0 amide bonds. The first-order chi connectivity index (χ1) is 9.10. The van der Waals surface area contributed by atoms with Crippen molar-refractivity contribution in [1.29, 1.82) is 0 Å². The lowest BCUT2D eigenvalue weighted by Gasteiger charge is -2.34. The van der Waals surface area contributed by atoms with Gasteiger partial charge in [0.05, 0.1) is 18.4 Å². The summed E-state index contributed by atoms with van der Waals surface area (Å²) in [5, 5.41) is 0. The van der Waals surface area contributed by atoms with Crippen LogP contribution in [0.1, 0.15) is 25.8 Å². The van der Waals surface area contributed by atoms with E-state index >= 15 is 0 Å². The van der Waals surface area contributed by atoms with E-state index in [0.29, 0.717) is 6.10 Å². The standard InChI is InChI=1S/C15H23BrN2O/c1-3-13-10-18(6-7-19-13)15-5-4-12(8-11(2)17)9-14(15)16/h4-5,9,11,13H,3,6-8,10,17H2,1-2H3. The summed E-state index contributed by atoms with van der Waals surface area (Å²) in [5.74, 6) is 0. The number of halogens is 1. The summed E-state index contributed by atoms with van der Waals surface area (Å²) in [7, 11) is 0. The van der Waals surface area contributed by atoms with Gasteiger partial charge in [-0.05, 0) is 53.4 Å². The smallest absolute Gasteiger partial charge is 0.0748 e. The highest BCUT2D eigenvalue weighted by atomic mass is 79.9. The van der Waals surface area contributed by atoms with Crippen molar-refractivity contribution in [2.75, 3.05) is 24.6 Å². The summed E-state index contributed by atoms with van der Waals surface area (Å²) < 4.78 is 6.88. The molecule has 0 spiro atoms. The van der Waals surface area contributed by atoms with Gasteiger partial charge in [-0.3, -0.25) is 0 Å². The molecule has 1 aromatic rings. The van der Waals surface area contributed by atoms with Gasteiger partial charge < -0.3 is 15.4 Å². The average molecular weight is 327 g/mol. The molecule has 1 saturated heterocycles. The van der Waals surface area contributed by atoms with E-state index in [9.17, 15) is 0 Å². The number of ether oxygens (including phenoxy) is 1. The normalized spacial score (nSPS) is 21.5. The first kappa shape index (κ1) is 14.8. The quantitative estimate of drug-likeness (QED) is 0.924. The van der Waals surface area contributed by atoms with Gasteiger partial charge in [0, 0.05) is 23.6 Å². The molecule has 2 rings (SSSR count). The van der Waals surface area contributed by atoms with Crippen molar-refractivity contribution < 1.29 is 4.74 Å². The molecule has 4 heteroatoms. The van der Waals surface area contributed by atoms with Gasteiger partial charge in [0.25, 0.3) is 0 Å². The molecule has 0 radical (unpaired) electrons. The molecule has 1 heterocycles. The summed E-state index contributed by atoms with van der Waals surface area (Å²) in [4.78, 5) is 2.40. The summed E-state index contributed by atoms with van der Waals surface area (Å²) in [5.41, 5.74) is 8.39. The first-order valence-electron chi connectivity index (χ1n) is 7.00. The van der Waals surface area contributed by atoms with Crippen molar-refractivity contribution in [2.45, 2.75) is 38.8 Å². The third kappa shape index (κ3) is 3.94. The predicted octanol–water partition coefficient (Wildman–Crippen LogP) is 2.95. The van der Waals surface area contributed by atoms with E-state index in [1.165, 1.54) is 11.3 Å². The SMILES string of the molecule is CCC1CN(c2ccc(CC(C)N)cc2Br)CCO1. The Hall–Kier alpha value is -0.580. The molecule has 19 heavy (non-hydrogen) atoms. The fraction of sp³-hybridized carbons (Fsp3) is 0.600. The fourth-order valence-corrected chi connectivity index (χ4v) is 3.17. The maximum Gasteiger partial charge on any atom is 0.0748 e. The second kappa shape index (κ2) is 6.73. The minimum atomic E-state index is 0.200. The van der Waals surface area contributed by atoms with Crippen LogP contribution < -0.4 is 10.6 Å². The zero-order valence-electron chi connectivity index (χ0n) is 11.7. The van der Waals surface area contributed by atoms with Crippen LogP contribution in [0.25, 0.3) is 0 Å². The minimum Gasteiger partial charge on any atom is -0.375 e. The molecule has 0 aromatic heterocycles. The van der Waals surface area contributed by atoms with E-state index in [0.717, 1.165) is 37.0 Å². The van der Waals surface area contributed by atoms with E-state index in [1.807, 2.05) is 6.92 Å². The molecule has 0 aliphatic carbocycles. The fourth-order valence-electron chi connectivity index (χ4n) is 2.49. The van der Waals surface area contributed by atoms with Gasteiger partial charge in [-0.2, -0.15) is 0 Å². The van der Waals surface area contributed by atoms with Gasteiger partial charge >= 0.3 is 0 Å². The van der Waals surface area contributed by atoms with Crippen LogP contribution in [0.4, 0.5) is 5.69 Å². The molecule has 2 unspecified atom stereocenters. The van der Waals surface area contributed by atoms with Crippen molar-refractivity contribution in [3.8, 4) is 0 Å². The maximum absolute atomic E-state index is 5.85. The van der Waals surface area contributed by atoms with Crippen LogP contribution in [-0.4, -0.2) is 31.8 Å². The Balaban J connectivity index is 2.11. The Morgan fingerprint density at radius 3 is 2.95 bits per heavy atom. The highest BCUT2D eigenvalue weighted by Crippen LogP contribution is 2.29. The minimum absolute atomic E-state index is 0.200. The Bertz CT molecular complexity index is 423. The molecule has 1 aromatic carbocycles. The molecule has 1 aliphatic heterocycles. The van der Waals surface area contributed by atoms with Crippen LogP contribution in [0, 0.1) is 0 Å². The lowest BCUT2D eigenvalue weighted by atomic mass is 10.1. The number of nitrogens with zero attached hydrogens (tertiary/aromatic N) is 1. The van der Waals surface area contributed by atoms with E-state index in [4.69, 9.17) is 10.5 Å². The van der Waals surface area contributed by atoms with Crippen molar-refractivity contribution in [2.24, 2.45) is 5.73 Å². The number of hydrogen-bond acceptors (Lipinski definition) is 3. The second-order valence-corrected chi connectivity index (χ2v) is 6.17. The van der Waals surface area contributed by atoms with Crippen LogP contribution in [0.15, 0.2) is 22.7 Å². The first-order valence-corrected chi connectivity index (χ1v) is 7.80. The van der Waals surface area contributed by atoms with E-state index in [-0.39, 0.29) is 6.04 Å². The Labute approximate surface area is 124 Å². The molecule has 106 valence electrons. The number of rotatable bonds is 4. The summed E-state index contributed by atoms with van der Waals surface area (Å²) in [6, 6.07) is 6.76. The summed E-state index contributed by atoms with van der Waals surface area (Å²) in [6.45, 7) is 6.96. The highest BCUT2D eigenvalue weighted by Gasteiger charge is 2.20. The Morgan fingerprint density at radius 2 is 2.32 bits per heavy atom. The molecule has 0 bridgehead atoms. The van der Waals surface area contributed by atoms with Gasteiger partial charge in [0.1, 0.15) is 0 Å². The zero-order valence-corrected chi connectivity index (χ0v) is 13.3. The van der Waals surface area contributed by atoms with Gasteiger partial charge in [-0.25, -0.2) is 0 Å². The van der Waals surface area contributed by atoms with E-state index in [2.05, 4.69) is 46.0 Å². The number of morpholine rings is 1. The summed E-state index contributed by atoms with van der Waals surface area (Å²) in [6.07, 6.45) is 2.33. The van der Waals surface area contributed by atoms with Gasteiger partial charge in [0.15, 0.2) is 0 Å². The molecule has 2 atom stereocenters. The predicted molar refractivity (Wildman–Crippen MR) is 83.7 cm³/mol. The average Bonchev–Trinajstić information content (AvgIpc) is 2.38. The van der Waals surface area contributed by atoms with Crippen molar-refractivity contribution in [3.63, 3.8) is 0 Å². The van der Waals surface area contributed by atoms with Crippen LogP contribution >= 0.6 is 15.9 Å². The number of nitrogens with two attached hydrogens (primary N) is 1. The molecule has 3 nitrogen and oxygen atoms in total. The lowest BCUT2D eigenvalue weighted by Crippen LogP contribution is -2.42. The number of hydrogen-bond donors (Lipinski definition) is 1. The third-order valence-electron chi connectivity index (χ3n) is 3.50. The molecule has 1 fully saturated rings. The zero-order chi connectivity index (χ0) is 13.8. The van der Waals surface area contributed by atoms with Crippen LogP contribution in [0.2, 0.25) is 0 Å². The van der Waals surface area contributed by atoms with Crippen LogP contribution in [-0.2, 0) is 11.2 Å². The lowest BCUT2D eigenvalue weighted by molar-refractivity contribution is 0.0384. The molecular weight excluding hydrogens is 304 g/mol. The third-order valence-corrected chi connectivity index (χ3v) is 4.14. The maximum atomic E-state index is 5.85. The monoisotopic (exact) mass is 326 g/mol. The van der Waals surface area contributed by atoms with Gasteiger partial charge in [-0.15, -0.1) is 0 Å². The molecular formula is C15H23BrN2O. The van der Waals surface area contributed by atoms with Crippen molar-refractivity contribution in [1.82, 2.24) is 0 Å². The largest absolute Gasteiger partial charge is 0.375 e. The van der Waals surface area contributed by atoms with E-state index < -0.39 is 0 Å². The molecule has 1 aliphatic rings. The molecule has 0 saturated carbocycles. The van der Waals surface area contributed by atoms with Crippen LogP contribution in [0.3, 0.4) is 0 Å². The number of anilines is 1.